The van der Waals surface area contributed by atoms with Crippen molar-refractivity contribution < 1.29 is 14.2 Å². The predicted octanol–water partition coefficient (Wildman–Crippen LogP) is 6.63. The molecule has 2 aliphatic heterocycles. The van der Waals surface area contributed by atoms with E-state index in [4.69, 9.17) is 14.2 Å². The molecule has 3 nitrogen and oxygen atoms in total. The van der Waals surface area contributed by atoms with Crippen molar-refractivity contribution in [1.82, 2.24) is 0 Å². The lowest BCUT2D eigenvalue weighted by Crippen LogP contribution is -2.62. The molecule has 6 aliphatic rings. The number of epoxide rings is 1. The maximum atomic E-state index is 6.71. The molecule has 1 spiro atoms. The fourth-order valence-electron chi connectivity index (χ4n) is 10.4. The molecule has 6 rings (SSSR count). The molecule has 6 fully saturated rings. The van der Waals surface area contributed by atoms with E-state index < -0.39 is 0 Å². The first-order chi connectivity index (χ1) is 15.3. The van der Waals surface area contributed by atoms with E-state index in [1.165, 1.54) is 51.4 Å². The van der Waals surface area contributed by atoms with Gasteiger partial charge in [0.1, 0.15) is 5.60 Å². The fraction of sp³-hybridized carbons (Fsp3) is 1.00. The van der Waals surface area contributed by atoms with Gasteiger partial charge in [-0.3, -0.25) is 0 Å². The van der Waals surface area contributed by atoms with Crippen LogP contribution >= 0.6 is 0 Å². The summed E-state index contributed by atoms with van der Waals surface area (Å²) in [5, 5.41) is 0. The van der Waals surface area contributed by atoms with Crippen LogP contribution in [0.3, 0.4) is 0 Å². The quantitative estimate of drug-likeness (QED) is 0.446. The number of hydrogen-bond acceptors (Lipinski definition) is 3. The molecular formula is C29H48O3. The molecule has 11 atom stereocenters. The van der Waals surface area contributed by atoms with Gasteiger partial charge in [-0.05, 0) is 79.4 Å². The van der Waals surface area contributed by atoms with Crippen LogP contribution in [-0.4, -0.2) is 37.1 Å². The summed E-state index contributed by atoms with van der Waals surface area (Å²) in [6, 6.07) is 0. The molecule has 0 amide bonds. The molecule has 4 aliphatic carbocycles. The smallest absolute Gasteiger partial charge is 0.103 e. The molecule has 3 heteroatoms. The summed E-state index contributed by atoms with van der Waals surface area (Å²) < 4.78 is 19.1. The van der Waals surface area contributed by atoms with Crippen molar-refractivity contribution in [3.05, 3.63) is 0 Å². The summed E-state index contributed by atoms with van der Waals surface area (Å²) in [4.78, 5) is 0. The van der Waals surface area contributed by atoms with Gasteiger partial charge in [0.25, 0.3) is 0 Å². The van der Waals surface area contributed by atoms with E-state index in [0.29, 0.717) is 17.6 Å². The molecule has 2 saturated heterocycles. The molecule has 0 radical (unpaired) electrons. The summed E-state index contributed by atoms with van der Waals surface area (Å²) in [7, 11) is 0. The van der Waals surface area contributed by atoms with E-state index >= 15 is 0 Å². The van der Waals surface area contributed by atoms with Crippen molar-refractivity contribution in [2.24, 2.45) is 46.3 Å². The second kappa shape index (κ2) is 7.69. The fourth-order valence-corrected chi connectivity index (χ4v) is 10.4. The van der Waals surface area contributed by atoms with Gasteiger partial charge in [0.05, 0.1) is 31.5 Å². The molecule has 32 heavy (non-hydrogen) atoms. The summed E-state index contributed by atoms with van der Waals surface area (Å²) in [6.45, 7) is 14.2. The zero-order valence-electron chi connectivity index (χ0n) is 21.4. The van der Waals surface area contributed by atoms with Crippen LogP contribution in [0.5, 0.6) is 0 Å². The first-order valence-electron chi connectivity index (χ1n) is 14.2. The lowest BCUT2D eigenvalue weighted by molar-refractivity contribution is -0.211. The maximum Gasteiger partial charge on any atom is 0.103 e. The van der Waals surface area contributed by atoms with Crippen LogP contribution < -0.4 is 0 Å². The first-order valence-corrected chi connectivity index (χ1v) is 14.2. The minimum Gasteiger partial charge on any atom is -0.373 e. The Morgan fingerprint density at radius 1 is 0.875 bits per heavy atom. The van der Waals surface area contributed by atoms with Gasteiger partial charge < -0.3 is 14.2 Å². The topological polar surface area (TPSA) is 31.0 Å². The van der Waals surface area contributed by atoms with Crippen molar-refractivity contribution in [3.8, 4) is 0 Å². The van der Waals surface area contributed by atoms with E-state index in [1.807, 2.05) is 0 Å². The lowest BCUT2D eigenvalue weighted by atomic mass is 9.44. The number of fused-ring (bicyclic) bond motifs is 5. The van der Waals surface area contributed by atoms with E-state index in [1.54, 1.807) is 0 Å². The Balaban J connectivity index is 1.21. The molecular weight excluding hydrogens is 396 g/mol. The average Bonchev–Trinajstić information content (AvgIpc) is 3.32. The summed E-state index contributed by atoms with van der Waals surface area (Å²) in [5.41, 5.74) is 0.946. The normalized spacial score (nSPS) is 54.8. The van der Waals surface area contributed by atoms with E-state index in [2.05, 4.69) is 34.6 Å². The average molecular weight is 445 g/mol. The number of rotatable bonds is 5. The van der Waals surface area contributed by atoms with Gasteiger partial charge in [-0.1, -0.05) is 53.9 Å². The SMILES string of the molecule is CC(C)CCC[C@@H](C)[C@H]1CC[C@H]2[C@@H]3C[C@@H]4O[C@@]45CC4OCCOC4C[C@]5(C)[C@H]3CC[C@]12C. The zero-order valence-corrected chi connectivity index (χ0v) is 21.4. The minimum absolute atomic E-state index is 0.103. The largest absolute Gasteiger partial charge is 0.373 e. The first kappa shape index (κ1) is 22.4. The van der Waals surface area contributed by atoms with Crippen LogP contribution in [0.15, 0.2) is 0 Å². The van der Waals surface area contributed by atoms with Crippen LogP contribution in [-0.2, 0) is 14.2 Å². The second-order valence-corrected chi connectivity index (χ2v) is 13.8. The summed E-state index contributed by atoms with van der Waals surface area (Å²) in [6.07, 6.45) is 14.7. The monoisotopic (exact) mass is 444 g/mol. The predicted molar refractivity (Wildman–Crippen MR) is 127 cm³/mol. The molecule has 182 valence electrons. The highest BCUT2D eigenvalue weighted by Gasteiger charge is 2.77. The van der Waals surface area contributed by atoms with Gasteiger partial charge in [0, 0.05) is 11.8 Å². The molecule has 0 aromatic rings. The third-order valence-electron chi connectivity index (χ3n) is 12.0. The van der Waals surface area contributed by atoms with Crippen LogP contribution in [0.4, 0.5) is 0 Å². The van der Waals surface area contributed by atoms with Gasteiger partial charge in [-0.2, -0.15) is 0 Å². The van der Waals surface area contributed by atoms with Crippen LogP contribution in [0.1, 0.15) is 98.8 Å². The Kier molecular flexibility index (Phi) is 5.37. The summed E-state index contributed by atoms with van der Waals surface area (Å²) >= 11 is 0. The van der Waals surface area contributed by atoms with Crippen molar-refractivity contribution in [3.63, 3.8) is 0 Å². The van der Waals surface area contributed by atoms with E-state index in [-0.39, 0.29) is 17.1 Å². The minimum atomic E-state index is 0.103. The molecule has 2 heterocycles. The Hall–Kier alpha value is -0.120. The van der Waals surface area contributed by atoms with E-state index in [0.717, 1.165) is 61.6 Å². The third kappa shape index (κ3) is 3.08. The van der Waals surface area contributed by atoms with Gasteiger partial charge in [-0.15, -0.1) is 0 Å². The standard InChI is InChI=1S/C29H48O3/c1-18(2)7-6-8-19(3)21-9-10-22-20-15-26-29(32-26)17-25-24(30-13-14-31-25)16-28(29,5)23(20)11-12-27(21,22)4/h18-26H,6-17H2,1-5H3/t19-,20+,21-,22+,23+,24?,25?,26+,27-,28-,29+/m1/s1. The highest BCUT2D eigenvalue weighted by atomic mass is 16.6. The van der Waals surface area contributed by atoms with Gasteiger partial charge in [-0.25, -0.2) is 0 Å². The lowest BCUT2D eigenvalue weighted by Gasteiger charge is -2.61. The maximum absolute atomic E-state index is 6.71. The molecule has 0 bridgehead atoms. The van der Waals surface area contributed by atoms with E-state index in [9.17, 15) is 0 Å². The van der Waals surface area contributed by atoms with Crippen molar-refractivity contribution >= 4 is 0 Å². The molecule has 0 N–H and O–H groups in total. The molecule has 0 aromatic heterocycles. The van der Waals surface area contributed by atoms with Gasteiger partial charge in [0.2, 0.25) is 0 Å². The van der Waals surface area contributed by atoms with Gasteiger partial charge >= 0.3 is 0 Å². The van der Waals surface area contributed by atoms with Crippen LogP contribution in [0.2, 0.25) is 0 Å². The molecule has 4 saturated carbocycles. The molecule has 2 unspecified atom stereocenters. The summed E-state index contributed by atoms with van der Waals surface area (Å²) in [5.74, 6) is 5.28. The van der Waals surface area contributed by atoms with Crippen LogP contribution in [0, 0.1) is 46.3 Å². The number of ether oxygens (including phenoxy) is 3. The number of hydrogen-bond donors (Lipinski definition) is 0. The highest BCUT2D eigenvalue weighted by Crippen LogP contribution is 2.74. The van der Waals surface area contributed by atoms with Gasteiger partial charge in [0.15, 0.2) is 0 Å². The second-order valence-electron chi connectivity index (χ2n) is 13.8. The third-order valence-corrected chi connectivity index (χ3v) is 12.0. The Bertz CT molecular complexity index is 721. The Labute approximate surface area is 196 Å². The van der Waals surface area contributed by atoms with Crippen molar-refractivity contribution in [1.29, 1.82) is 0 Å². The Morgan fingerprint density at radius 2 is 1.62 bits per heavy atom. The zero-order chi connectivity index (χ0) is 22.3. The van der Waals surface area contributed by atoms with Crippen molar-refractivity contribution in [2.75, 3.05) is 13.2 Å². The van der Waals surface area contributed by atoms with Crippen LogP contribution in [0.25, 0.3) is 0 Å². The molecule has 0 aromatic carbocycles. The highest BCUT2D eigenvalue weighted by molar-refractivity contribution is 5.25. The van der Waals surface area contributed by atoms with Crippen molar-refractivity contribution in [2.45, 2.75) is 123 Å². The Morgan fingerprint density at radius 3 is 2.38 bits per heavy atom.